The lowest BCUT2D eigenvalue weighted by molar-refractivity contribution is -0.136. The summed E-state index contributed by atoms with van der Waals surface area (Å²) in [5.41, 5.74) is 1.42. The fourth-order valence-electron chi connectivity index (χ4n) is 2.47. The maximum absolute atomic E-state index is 12.3. The zero-order valence-corrected chi connectivity index (χ0v) is 13.0. The van der Waals surface area contributed by atoms with Crippen molar-refractivity contribution in [3.05, 3.63) is 23.5 Å². The van der Waals surface area contributed by atoms with E-state index in [1.165, 1.54) is 6.20 Å². The van der Waals surface area contributed by atoms with E-state index in [9.17, 15) is 9.59 Å². The van der Waals surface area contributed by atoms with Gasteiger partial charge in [0.1, 0.15) is 6.04 Å². The van der Waals surface area contributed by atoms with Gasteiger partial charge in [0.25, 0.3) is 11.6 Å². The SMILES string of the molecule is Cc1noc2ncc(C(=O)N[C@H](C)C(=O)N3CCOCC3)cc12. The lowest BCUT2D eigenvalue weighted by atomic mass is 10.2. The van der Waals surface area contributed by atoms with Crippen LogP contribution in [-0.4, -0.2) is 59.2 Å². The number of pyridine rings is 1. The molecule has 122 valence electrons. The quantitative estimate of drug-likeness (QED) is 0.885. The Morgan fingerprint density at radius 2 is 2.09 bits per heavy atom. The van der Waals surface area contributed by atoms with Gasteiger partial charge in [-0.15, -0.1) is 0 Å². The molecular formula is C15H18N4O4. The number of hydrogen-bond donors (Lipinski definition) is 1. The van der Waals surface area contributed by atoms with Crippen molar-refractivity contribution in [3.63, 3.8) is 0 Å². The van der Waals surface area contributed by atoms with Gasteiger partial charge in [-0.1, -0.05) is 5.16 Å². The number of carbonyl (C=O) groups is 2. The van der Waals surface area contributed by atoms with Gasteiger partial charge in [0, 0.05) is 19.3 Å². The monoisotopic (exact) mass is 318 g/mol. The number of hydrogen-bond acceptors (Lipinski definition) is 6. The van der Waals surface area contributed by atoms with E-state index in [1.54, 1.807) is 24.8 Å². The molecule has 0 saturated carbocycles. The zero-order valence-electron chi connectivity index (χ0n) is 13.0. The summed E-state index contributed by atoms with van der Waals surface area (Å²) in [6.45, 7) is 5.60. The molecule has 1 saturated heterocycles. The summed E-state index contributed by atoms with van der Waals surface area (Å²) in [6, 6.07) is 1.05. The summed E-state index contributed by atoms with van der Waals surface area (Å²) in [6.07, 6.45) is 1.41. The van der Waals surface area contributed by atoms with Gasteiger partial charge in [-0.3, -0.25) is 9.59 Å². The lowest BCUT2D eigenvalue weighted by Gasteiger charge is -2.29. The van der Waals surface area contributed by atoms with Gasteiger partial charge in [-0.2, -0.15) is 0 Å². The molecule has 8 heteroatoms. The number of nitrogens with zero attached hydrogens (tertiary/aromatic N) is 3. The van der Waals surface area contributed by atoms with E-state index in [0.29, 0.717) is 48.7 Å². The third-order valence-electron chi connectivity index (χ3n) is 3.81. The second-order valence-electron chi connectivity index (χ2n) is 5.48. The van der Waals surface area contributed by atoms with Crippen molar-refractivity contribution in [2.24, 2.45) is 0 Å². The van der Waals surface area contributed by atoms with Gasteiger partial charge in [-0.25, -0.2) is 4.98 Å². The Bertz CT molecular complexity index is 736. The van der Waals surface area contributed by atoms with Crippen LogP contribution < -0.4 is 5.32 Å². The van der Waals surface area contributed by atoms with Crippen LogP contribution in [0, 0.1) is 6.92 Å². The number of aromatic nitrogens is 2. The zero-order chi connectivity index (χ0) is 16.4. The summed E-state index contributed by atoms with van der Waals surface area (Å²) in [4.78, 5) is 30.4. The van der Waals surface area contributed by atoms with E-state index in [0.717, 1.165) is 0 Å². The van der Waals surface area contributed by atoms with Gasteiger partial charge in [-0.05, 0) is 19.9 Å². The molecule has 0 spiro atoms. The van der Waals surface area contributed by atoms with Crippen molar-refractivity contribution >= 4 is 22.9 Å². The second-order valence-corrected chi connectivity index (χ2v) is 5.48. The average Bonchev–Trinajstić information content (AvgIpc) is 2.95. The molecule has 23 heavy (non-hydrogen) atoms. The standard InChI is InChI=1S/C15H18N4O4/c1-9-12-7-11(8-16-14(12)23-18-9)13(20)17-10(2)15(21)19-3-5-22-6-4-19/h7-8,10H,3-6H2,1-2H3,(H,17,20)/t10-/m1/s1. The summed E-state index contributed by atoms with van der Waals surface area (Å²) < 4.78 is 10.2. The Hall–Kier alpha value is -2.48. The number of ether oxygens (including phenoxy) is 1. The molecule has 0 unspecified atom stereocenters. The molecule has 2 aromatic rings. The van der Waals surface area contributed by atoms with E-state index < -0.39 is 6.04 Å². The van der Waals surface area contributed by atoms with E-state index in [2.05, 4.69) is 15.5 Å². The number of aryl methyl sites for hydroxylation is 1. The Balaban J connectivity index is 1.69. The molecule has 0 bridgehead atoms. The first kappa shape index (κ1) is 15.4. The smallest absolute Gasteiger partial charge is 0.257 e. The van der Waals surface area contributed by atoms with Crippen LogP contribution in [0.2, 0.25) is 0 Å². The maximum atomic E-state index is 12.3. The Morgan fingerprint density at radius 1 is 1.35 bits per heavy atom. The number of nitrogens with one attached hydrogen (secondary N) is 1. The summed E-state index contributed by atoms with van der Waals surface area (Å²) in [5, 5.41) is 7.20. The minimum atomic E-state index is -0.611. The molecular weight excluding hydrogens is 300 g/mol. The fourth-order valence-corrected chi connectivity index (χ4v) is 2.47. The van der Waals surface area contributed by atoms with Gasteiger partial charge in [0.15, 0.2) is 0 Å². The van der Waals surface area contributed by atoms with Crippen LogP contribution in [0.15, 0.2) is 16.8 Å². The molecule has 2 aromatic heterocycles. The molecule has 3 heterocycles. The molecule has 3 rings (SSSR count). The normalized spacial score (nSPS) is 16.3. The minimum Gasteiger partial charge on any atom is -0.378 e. The van der Waals surface area contributed by atoms with Gasteiger partial charge < -0.3 is 19.5 Å². The summed E-state index contributed by atoms with van der Waals surface area (Å²) in [5.74, 6) is -0.467. The Labute approximate surface area is 132 Å². The van der Waals surface area contributed by atoms with Crippen LogP contribution in [0.4, 0.5) is 0 Å². The van der Waals surface area contributed by atoms with Crippen molar-refractivity contribution in [3.8, 4) is 0 Å². The summed E-state index contributed by atoms with van der Waals surface area (Å²) >= 11 is 0. The first-order valence-corrected chi connectivity index (χ1v) is 7.45. The Morgan fingerprint density at radius 3 is 2.83 bits per heavy atom. The van der Waals surface area contributed by atoms with Crippen molar-refractivity contribution in [2.45, 2.75) is 19.9 Å². The van der Waals surface area contributed by atoms with Crippen LogP contribution >= 0.6 is 0 Å². The van der Waals surface area contributed by atoms with Crippen LogP contribution in [0.25, 0.3) is 11.1 Å². The fraction of sp³-hybridized carbons (Fsp3) is 0.467. The average molecular weight is 318 g/mol. The van der Waals surface area contributed by atoms with Gasteiger partial charge >= 0.3 is 0 Å². The van der Waals surface area contributed by atoms with Crippen molar-refractivity contribution in [1.82, 2.24) is 20.4 Å². The van der Waals surface area contributed by atoms with E-state index >= 15 is 0 Å². The predicted octanol–water partition coefficient (Wildman–Crippen LogP) is 0.508. The van der Waals surface area contributed by atoms with Crippen LogP contribution in [0.1, 0.15) is 23.0 Å². The minimum absolute atomic E-state index is 0.114. The number of morpholine rings is 1. The second kappa shape index (κ2) is 6.33. The predicted molar refractivity (Wildman–Crippen MR) is 80.9 cm³/mol. The third kappa shape index (κ3) is 3.16. The first-order valence-electron chi connectivity index (χ1n) is 7.45. The molecule has 0 radical (unpaired) electrons. The van der Waals surface area contributed by atoms with Crippen molar-refractivity contribution < 1.29 is 18.8 Å². The highest BCUT2D eigenvalue weighted by molar-refractivity contribution is 5.99. The van der Waals surface area contributed by atoms with Crippen LogP contribution in [0.5, 0.6) is 0 Å². The molecule has 1 atom stereocenters. The van der Waals surface area contributed by atoms with Gasteiger partial charge in [0.05, 0.1) is 29.9 Å². The molecule has 1 aliphatic heterocycles. The van der Waals surface area contributed by atoms with E-state index in [1.807, 2.05) is 0 Å². The highest BCUT2D eigenvalue weighted by atomic mass is 16.5. The molecule has 0 aliphatic carbocycles. The molecule has 2 amide bonds. The maximum Gasteiger partial charge on any atom is 0.257 e. The largest absolute Gasteiger partial charge is 0.378 e. The number of rotatable bonds is 3. The molecule has 8 nitrogen and oxygen atoms in total. The topological polar surface area (TPSA) is 97.6 Å². The Kier molecular flexibility index (Phi) is 4.24. The van der Waals surface area contributed by atoms with E-state index in [4.69, 9.17) is 9.26 Å². The number of carbonyl (C=O) groups excluding carboxylic acids is 2. The molecule has 1 N–H and O–H groups in total. The summed E-state index contributed by atoms with van der Waals surface area (Å²) in [7, 11) is 0. The van der Waals surface area contributed by atoms with Crippen molar-refractivity contribution in [1.29, 1.82) is 0 Å². The number of fused-ring (bicyclic) bond motifs is 1. The van der Waals surface area contributed by atoms with Crippen LogP contribution in [-0.2, 0) is 9.53 Å². The molecule has 1 fully saturated rings. The molecule has 0 aromatic carbocycles. The molecule has 1 aliphatic rings. The highest BCUT2D eigenvalue weighted by Crippen LogP contribution is 2.16. The first-order chi connectivity index (χ1) is 11.1. The highest BCUT2D eigenvalue weighted by Gasteiger charge is 2.24. The van der Waals surface area contributed by atoms with E-state index in [-0.39, 0.29) is 11.8 Å². The van der Waals surface area contributed by atoms with Crippen LogP contribution in [0.3, 0.4) is 0 Å². The third-order valence-corrected chi connectivity index (χ3v) is 3.81. The number of amides is 2. The van der Waals surface area contributed by atoms with Gasteiger partial charge in [0.2, 0.25) is 5.91 Å². The lowest BCUT2D eigenvalue weighted by Crippen LogP contribution is -2.50. The van der Waals surface area contributed by atoms with Crippen molar-refractivity contribution in [2.75, 3.05) is 26.3 Å².